The zero-order valence-corrected chi connectivity index (χ0v) is 11.8. The van der Waals surface area contributed by atoms with Crippen LogP contribution in [0, 0.1) is 0 Å². The lowest BCUT2D eigenvalue weighted by Gasteiger charge is -2.20. The van der Waals surface area contributed by atoms with Crippen LogP contribution in [0.1, 0.15) is 44.5 Å². The number of halogens is 2. The number of aromatic nitrogens is 2. The summed E-state index contributed by atoms with van der Waals surface area (Å²) >= 11 is 6.30. The molecule has 18 heavy (non-hydrogen) atoms. The Morgan fingerprint density at radius 3 is 2.78 bits per heavy atom. The van der Waals surface area contributed by atoms with Crippen LogP contribution in [0.3, 0.4) is 0 Å². The van der Waals surface area contributed by atoms with Gasteiger partial charge in [0.1, 0.15) is 5.67 Å². The molecule has 2 atom stereocenters. The van der Waals surface area contributed by atoms with Gasteiger partial charge in [-0.05, 0) is 32.6 Å². The fourth-order valence-electron chi connectivity index (χ4n) is 2.76. The first-order valence-corrected chi connectivity index (χ1v) is 7.05. The molecular formula is C13H21ClFN3. The van der Waals surface area contributed by atoms with E-state index in [1.54, 1.807) is 0 Å². The molecule has 0 radical (unpaired) electrons. The van der Waals surface area contributed by atoms with E-state index in [1.807, 2.05) is 18.5 Å². The minimum absolute atomic E-state index is 0.0163. The van der Waals surface area contributed by atoms with Gasteiger partial charge in [0, 0.05) is 19.0 Å². The van der Waals surface area contributed by atoms with Gasteiger partial charge in [-0.25, -0.2) is 4.39 Å². The molecule has 1 heterocycles. The molecule has 1 aliphatic rings. The van der Waals surface area contributed by atoms with Crippen LogP contribution in [-0.4, -0.2) is 21.5 Å². The number of nitrogens with zero attached hydrogens (tertiary/aromatic N) is 2. The normalized spacial score (nSPS) is 27.9. The maximum absolute atomic E-state index is 14.7. The standard InChI is InChI=1S/C13H21ClFN3/c1-3-10-12(14)11(18(4-2)17-10)8-13(15)6-5-9(16)7-13/h9H,3-8,16H2,1-2H3. The molecule has 2 rings (SSSR count). The largest absolute Gasteiger partial charge is 0.328 e. The van der Waals surface area contributed by atoms with E-state index in [2.05, 4.69) is 5.10 Å². The summed E-state index contributed by atoms with van der Waals surface area (Å²) in [6.45, 7) is 4.73. The highest BCUT2D eigenvalue weighted by atomic mass is 35.5. The van der Waals surface area contributed by atoms with E-state index in [9.17, 15) is 4.39 Å². The van der Waals surface area contributed by atoms with E-state index in [0.29, 0.717) is 24.3 Å². The fraction of sp³-hybridized carbons (Fsp3) is 0.769. The molecule has 3 nitrogen and oxygen atoms in total. The quantitative estimate of drug-likeness (QED) is 0.917. The highest BCUT2D eigenvalue weighted by Crippen LogP contribution is 2.37. The average molecular weight is 274 g/mol. The smallest absolute Gasteiger partial charge is 0.118 e. The van der Waals surface area contributed by atoms with Crippen molar-refractivity contribution >= 4 is 11.6 Å². The molecule has 1 saturated carbocycles. The van der Waals surface area contributed by atoms with Crippen LogP contribution < -0.4 is 5.73 Å². The predicted molar refractivity (Wildman–Crippen MR) is 71.7 cm³/mol. The molecule has 2 N–H and O–H groups in total. The van der Waals surface area contributed by atoms with Crippen molar-refractivity contribution in [2.75, 3.05) is 0 Å². The minimum Gasteiger partial charge on any atom is -0.328 e. The maximum atomic E-state index is 14.7. The van der Waals surface area contributed by atoms with Crippen LogP contribution in [0.2, 0.25) is 5.02 Å². The van der Waals surface area contributed by atoms with Crippen LogP contribution in [0.5, 0.6) is 0 Å². The van der Waals surface area contributed by atoms with E-state index in [-0.39, 0.29) is 6.04 Å². The Bertz CT molecular complexity index is 432. The predicted octanol–water partition coefficient (Wildman–Crippen LogP) is 2.88. The number of hydrogen-bond donors (Lipinski definition) is 1. The van der Waals surface area contributed by atoms with Gasteiger partial charge in [-0.2, -0.15) is 5.10 Å². The van der Waals surface area contributed by atoms with E-state index < -0.39 is 5.67 Å². The zero-order valence-electron chi connectivity index (χ0n) is 11.0. The molecule has 0 aromatic carbocycles. The summed E-state index contributed by atoms with van der Waals surface area (Å²) in [6, 6.07) is -0.0163. The molecule has 1 fully saturated rings. The summed E-state index contributed by atoms with van der Waals surface area (Å²) in [5.41, 5.74) is 6.29. The van der Waals surface area contributed by atoms with Crippen molar-refractivity contribution in [1.82, 2.24) is 9.78 Å². The lowest BCUT2D eigenvalue weighted by atomic mass is 9.97. The molecule has 0 bridgehead atoms. The van der Waals surface area contributed by atoms with Gasteiger partial charge in [-0.15, -0.1) is 0 Å². The SMILES string of the molecule is CCc1nn(CC)c(CC2(F)CCC(N)C2)c1Cl. The molecule has 102 valence electrons. The van der Waals surface area contributed by atoms with Crippen molar-refractivity contribution in [1.29, 1.82) is 0 Å². The number of aryl methyl sites for hydroxylation is 2. The molecule has 0 amide bonds. The molecule has 1 aromatic heterocycles. The summed E-state index contributed by atoms with van der Waals surface area (Å²) in [5.74, 6) is 0. The third-order valence-electron chi connectivity index (χ3n) is 3.77. The van der Waals surface area contributed by atoms with Gasteiger partial charge in [0.25, 0.3) is 0 Å². The van der Waals surface area contributed by atoms with Crippen LogP contribution in [0.4, 0.5) is 4.39 Å². The van der Waals surface area contributed by atoms with Crippen molar-refractivity contribution in [3.8, 4) is 0 Å². The third kappa shape index (κ3) is 2.54. The van der Waals surface area contributed by atoms with E-state index in [1.165, 1.54) is 0 Å². The minimum atomic E-state index is -1.21. The average Bonchev–Trinajstić information content (AvgIpc) is 2.82. The second kappa shape index (κ2) is 5.17. The molecule has 5 heteroatoms. The highest BCUT2D eigenvalue weighted by molar-refractivity contribution is 6.31. The van der Waals surface area contributed by atoms with E-state index >= 15 is 0 Å². The summed E-state index contributed by atoms with van der Waals surface area (Å²) in [7, 11) is 0. The van der Waals surface area contributed by atoms with Crippen LogP contribution in [0.15, 0.2) is 0 Å². The maximum Gasteiger partial charge on any atom is 0.118 e. The molecule has 0 spiro atoms. The molecule has 2 unspecified atom stereocenters. The van der Waals surface area contributed by atoms with Crippen molar-refractivity contribution in [2.24, 2.45) is 5.73 Å². The Kier molecular flexibility index (Phi) is 3.97. The second-order valence-electron chi connectivity index (χ2n) is 5.21. The number of rotatable bonds is 4. The van der Waals surface area contributed by atoms with Crippen molar-refractivity contribution < 1.29 is 4.39 Å². The van der Waals surface area contributed by atoms with E-state index in [0.717, 1.165) is 30.8 Å². The van der Waals surface area contributed by atoms with Crippen molar-refractivity contribution in [2.45, 2.75) is 64.2 Å². The third-order valence-corrected chi connectivity index (χ3v) is 4.21. The number of alkyl halides is 1. The first-order valence-electron chi connectivity index (χ1n) is 6.67. The van der Waals surface area contributed by atoms with Crippen molar-refractivity contribution in [3.63, 3.8) is 0 Å². The molecule has 1 aliphatic carbocycles. The van der Waals surface area contributed by atoms with Crippen molar-refractivity contribution in [3.05, 3.63) is 16.4 Å². The number of nitrogens with two attached hydrogens (primary N) is 1. The van der Waals surface area contributed by atoms with Gasteiger partial charge in [-0.3, -0.25) is 4.68 Å². The first-order chi connectivity index (χ1) is 8.49. The number of hydrogen-bond acceptors (Lipinski definition) is 2. The molecule has 1 aromatic rings. The Hall–Kier alpha value is -0.610. The Balaban J connectivity index is 2.25. The Labute approximate surface area is 112 Å². The Morgan fingerprint density at radius 2 is 2.28 bits per heavy atom. The van der Waals surface area contributed by atoms with Gasteiger partial charge < -0.3 is 5.73 Å². The lowest BCUT2D eigenvalue weighted by molar-refractivity contribution is 0.167. The van der Waals surface area contributed by atoms with Gasteiger partial charge >= 0.3 is 0 Å². The summed E-state index contributed by atoms with van der Waals surface area (Å²) < 4.78 is 16.5. The van der Waals surface area contributed by atoms with Gasteiger partial charge in [0.05, 0.1) is 16.4 Å². The summed E-state index contributed by atoms with van der Waals surface area (Å²) in [4.78, 5) is 0. The molecule has 0 aliphatic heterocycles. The zero-order chi connectivity index (χ0) is 13.3. The monoisotopic (exact) mass is 273 g/mol. The highest BCUT2D eigenvalue weighted by Gasteiger charge is 2.39. The van der Waals surface area contributed by atoms with Crippen LogP contribution in [-0.2, 0) is 19.4 Å². The van der Waals surface area contributed by atoms with Crippen LogP contribution >= 0.6 is 11.6 Å². The van der Waals surface area contributed by atoms with E-state index in [4.69, 9.17) is 17.3 Å². The van der Waals surface area contributed by atoms with Gasteiger partial charge in [-0.1, -0.05) is 18.5 Å². The lowest BCUT2D eigenvalue weighted by Crippen LogP contribution is -2.27. The summed E-state index contributed by atoms with van der Waals surface area (Å²) in [5, 5.41) is 5.06. The topological polar surface area (TPSA) is 43.8 Å². The van der Waals surface area contributed by atoms with Crippen LogP contribution in [0.25, 0.3) is 0 Å². The Morgan fingerprint density at radius 1 is 1.56 bits per heavy atom. The molecule has 0 saturated heterocycles. The summed E-state index contributed by atoms with van der Waals surface area (Å²) in [6.07, 6.45) is 2.83. The molecular weight excluding hydrogens is 253 g/mol. The first kappa shape index (κ1) is 13.8. The second-order valence-corrected chi connectivity index (χ2v) is 5.59. The van der Waals surface area contributed by atoms with Gasteiger partial charge in [0.15, 0.2) is 0 Å². The van der Waals surface area contributed by atoms with Gasteiger partial charge in [0.2, 0.25) is 0 Å². The fourth-order valence-corrected chi connectivity index (χ4v) is 3.10.